The van der Waals surface area contributed by atoms with Gasteiger partial charge in [-0.15, -0.1) is 0 Å². The molecule has 1 unspecified atom stereocenters. The van der Waals surface area contributed by atoms with Crippen LogP contribution < -0.4 is 16.4 Å². The molecule has 0 radical (unpaired) electrons. The molecule has 0 aliphatic carbocycles. The number of fused-ring (bicyclic) bond motifs is 1. The highest BCUT2D eigenvalue weighted by Gasteiger charge is 2.29. The van der Waals surface area contributed by atoms with E-state index in [-0.39, 0.29) is 18.6 Å². The second-order valence-electron chi connectivity index (χ2n) is 7.59. The van der Waals surface area contributed by atoms with Gasteiger partial charge < -0.3 is 21.1 Å². The molecule has 4 rings (SSSR count). The Morgan fingerprint density at radius 3 is 2.71 bits per heavy atom. The van der Waals surface area contributed by atoms with E-state index in [4.69, 9.17) is 10.5 Å². The minimum Gasteiger partial charge on any atom is -0.462 e. The van der Waals surface area contributed by atoms with Crippen molar-refractivity contribution in [3.8, 4) is 0 Å². The van der Waals surface area contributed by atoms with Crippen molar-refractivity contribution in [2.24, 2.45) is 5.73 Å². The van der Waals surface area contributed by atoms with E-state index in [2.05, 4.69) is 27.8 Å². The molecular formula is C24H26N4O3. The van der Waals surface area contributed by atoms with Gasteiger partial charge >= 0.3 is 5.97 Å². The van der Waals surface area contributed by atoms with Gasteiger partial charge in [0.05, 0.1) is 23.4 Å². The summed E-state index contributed by atoms with van der Waals surface area (Å²) >= 11 is 0. The number of nitrogens with zero attached hydrogens (tertiary/aromatic N) is 1. The van der Waals surface area contributed by atoms with E-state index in [1.165, 1.54) is 11.8 Å². The van der Waals surface area contributed by atoms with Crippen LogP contribution in [0.5, 0.6) is 0 Å². The largest absolute Gasteiger partial charge is 0.462 e. The zero-order chi connectivity index (χ0) is 21.8. The molecule has 2 aromatic carbocycles. The van der Waals surface area contributed by atoms with Gasteiger partial charge in [0.1, 0.15) is 5.56 Å². The number of para-hydroxylation sites is 1. The summed E-state index contributed by atoms with van der Waals surface area (Å²) in [6, 6.07) is 15.6. The molecule has 1 aliphatic rings. The minimum atomic E-state index is -0.561. The first kappa shape index (κ1) is 20.8. The molecule has 4 N–H and O–H groups in total. The number of nitrogens with two attached hydrogens (primary N) is 1. The number of aromatic nitrogens is 1. The number of carbonyl (C=O) groups excluding carboxylic acids is 2. The van der Waals surface area contributed by atoms with Crippen LogP contribution in [0.2, 0.25) is 0 Å². The lowest BCUT2D eigenvalue weighted by atomic mass is 9.85. The highest BCUT2D eigenvalue weighted by molar-refractivity contribution is 6.11. The summed E-state index contributed by atoms with van der Waals surface area (Å²) in [5.74, 6) is -0.752. The maximum Gasteiger partial charge on any atom is 0.341 e. The van der Waals surface area contributed by atoms with Gasteiger partial charge in [-0.2, -0.15) is 0 Å². The number of nitrogens with one attached hydrogen (secondary N) is 2. The van der Waals surface area contributed by atoms with Crippen molar-refractivity contribution in [1.82, 2.24) is 10.3 Å². The number of piperidine rings is 1. The molecule has 3 aromatic rings. The first-order valence-corrected chi connectivity index (χ1v) is 10.5. The molecule has 2 atom stereocenters. The van der Waals surface area contributed by atoms with E-state index in [9.17, 15) is 9.59 Å². The van der Waals surface area contributed by atoms with Crippen molar-refractivity contribution in [2.45, 2.75) is 25.3 Å². The first-order valence-electron chi connectivity index (χ1n) is 10.5. The second-order valence-corrected chi connectivity index (χ2v) is 7.59. The van der Waals surface area contributed by atoms with Gasteiger partial charge in [-0.3, -0.25) is 9.78 Å². The number of rotatable bonds is 6. The molecule has 0 spiro atoms. The third-order valence-corrected chi connectivity index (χ3v) is 5.70. The molecule has 0 saturated carbocycles. The van der Waals surface area contributed by atoms with E-state index in [1.54, 1.807) is 19.1 Å². The van der Waals surface area contributed by atoms with Gasteiger partial charge in [-0.25, -0.2) is 4.79 Å². The normalized spacial score (nSPS) is 18.5. The Balaban J connectivity index is 1.82. The molecule has 31 heavy (non-hydrogen) atoms. The SMILES string of the molecule is CCOC(=O)c1cnc2c(C(N)=O)cccc2c1NC1CNCC[C@@H]1c1ccccc1. The average Bonchev–Trinajstić information content (AvgIpc) is 2.80. The molecule has 2 heterocycles. The number of ether oxygens (including phenoxy) is 1. The van der Waals surface area contributed by atoms with Crippen LogP contribution in [0.4, 0.5) is 5.69 Å². The van der Waals surface area contributed by atoms with Crippen LogP contribution in [0.1, 0.15) is 45.5 Å². The molecule has 160 valence electrons. The van der Waals surface area contributed by atoms with Crippen LogP contribution in [-0.4, -0.2) is 42.6 Å². The van der Waals surface area contributed by atoms with Gasteiger partial charge in [-0.1, -0.05) is 42.5 Å². The van der Waals surface area contributed by atoms with E-state index in [0.29, 0.717) is 27.7 Å². The fourth-order valence-electron chi connectivity index (χ4n) is 4.24. The number of carbonyl (C=O) groups is 2. The van der Waals surface area contributed by atoms with E-state index >= 15 is 0 Å². The zero-order valence-electron chi connectivity index (χ0n) is 17.4. The third-order valence-electron chi connectivity index (χ3n) is 5.70. The van der Waals surface area contributed by atoms with Crippen LogP contribution >= 0.6 is 0 Å². The summed E-state index contributed by atoms with van der Waals surface area (Å²) in [5.41, 5.74) is 8.54. The molecule has 0 bridgehead atoms. The number of amides is 1. The van der Waals surface area contributed by atoms with Gasteiger partial charge in [-0.05, 0) is 31.5 Å². The minimum absolute atomic E-state index is 0.0344. The Morgan fingerprint density at radius 2 is 1.97 bits per heavy atom. The van der Waals surface area contributed by atoms with E-state index in [1.807, 2.05) is 24.3 Å². The predicted molar refractivity (Wildman–Crippen MR) is 120 cm³/mol. The summed E-state index contributed by atoms with van der Waals surface area (Å²) in [4.78, 5) is 29.0. The Bertz CT molecular complexity index is 1100. The first-order chi connectivity index (χ1) is 15.1. The maximum atomic E-state index is 12.7. The second kappa shape index (κ2) is 9.14. The third kappa shape index (κ3) is 4.22. The summed E-state index contributed by atoms with van der Waals surface area (Å²) in [6.07, 6.45) is 2.43. The van der Waals surface area contributed by atoms with Crippen molar-refractivity contribution in [1.29, 1.82) is 0 Å². The molecule has 1 amide bonds. The quantitative estimate of drug-likeness (QED) is 0.531. The Morgan fingerprint density at radius 1 is 1.16 bits per heavy atom. The summed E-state index contributed by atoms with van der Waals surface area (Å²) < 4.78 is 5.27. The van der Waals surface area contributed by atoms with Crippen LogP contribution in [-0.2, 0) is 4.74 Å². The molecule has 1 fully saturated rings. The molecule has 1 aromatic heterocycles. The highest BCUT2D eigenvalue weighted by Crippen LogP contribution is 2.33. The summed E-state index contributed by atoms with van der Waals surface area (Å²) in [5, 5.41) is 7.69. The zero-order valence-corrected chi connectivity index (χ0v) is 17.4. The lowest BCUT2D eigenvalue weighted by Gasteiger charge is -2.34. The molecule has 1 saturated heterocycles. The van der Waals surface area contributed by atoms with Crippen molar-refractivity contribution >= 4 is 28.5 Å². The number of hydrogen-bond donors (Lipinski definition) is 3. The van der Waals surface area contributed by atoms with Crippen LogP contribution in [0.25, 0.3) is 10.9 Å². The molecule has 7 heteroatoms. The Hall–Kier alpha value is -3.45. The summed E-state index contributed by atoms with van der Waals surface area (Å²) in [7, 11) is 0. The number of anilines is 1. The lowest BCUT2D eigenvalue weighted by Crippen LogP contribution is -2.44. The standard InChI is InChI=1S/C24H26N4O3/c1-2-31-24(30)19-13-27-21-17(9-6-10-18(21)23(25)29)22(19)28-20-14-26-12-11-16(20)15-7-4-3-5-8-15/h3-10,13,16,20,26H,2,11-12,14H2,1H3,(H2,25,29)(H,27,28)/t16-,20?/m1/s1. The molecule has 7 nitrogen and oxygen atoms in total. The number of benzene rings is 2. The van der Waals surface area contributed by atoms with E-state index < -0.39 is 11.9 Å². The lowest BCUT2D eigenvalue weighted by molar-refractivity contribution is 0.0527. The molecular weight excluding hydrogens is 392 g/mol. The Labute approximate surface area is 181 Å². The number of hydrogen-bond acceptors (Lipinski definition) is 6. The van der Waals surface area contributed by atoms with Crippen molar-refractivity contribution in [2.75, 3.05) is 25.0 Å². The maximum absolute atomic E-state index is 12.7. The van der Waals surface area contributed by atoms with Crippen molar-refractivity contribution in [3.05, 3.63) is 71.4 Å². The van der Waals surface area contributed by atoms with E-state index in [0.717, 1.165) is 19.5 Å². The number of primary amides is 1. The number of esters is 1. The highest BCUT2D eigenvalue weighted by atomic mass is 16.5. The fraction of sp³-hybridized carbons (Fsp3) is 0.292. The summed E-state index contributed by atoms with van der Waals surface area (Å²) in [6.45, 7) is 3.68. The predicted octanol–water partition coefficient (Wildman–Crippen LogP) is 3.07. The van der Waals surface area contributed by atoms with Crippen molar-refractivity contribution < 1.29 is 14.3 Å². The van der Waals surface area contributed by atoms with Crippen LogP contribution in [0, 0.1) is 0 Å². The average molecular weight is 418 g/mol. The van der Waals surface area contributed by atoms with Crippen LogP contribution in [0.15, 0.2) is 54.7 Å². The Kier molecular flexibility index (Phi) is 6.13. The van der Waals surface area contributed by atoms with Crippen LogP contribution in [0.3, 0.4) is 0 Å². The smallest absolute Gasteiger partial charge is 0.341 e. The molecule has 1 aliphatic heterocycles. The van der Waals surface area contributed by atoms with Gasteiger partial charge in [0, 0.05) is 30.1 Å². The fourth-order valence-corrected chi connectivity index (χ4v) is 4.24. The topological polar surface area (TPSA) is 106 Å². The monoisotopic (exact) mass is 418 g/mol. The van der Waals surface area contributed by atoms with Gasteiger partial charge in [0.15, 0.2) is 0 Å². The van der Waals surface area contributed by atoms with Crippen molar-refractivity contribution in [3.63, 3.8) is 0 Å². The van der Waals surface area contributed by atoms with Gasteiger partial charge in [0.2, 0.25) is 0 Å². The number of pyridine rings is 1. The van der Waals surface area contributed by atoms with Gasteiger partial charge in [0.25, 0.3) is 5.91 Å².